The summed E-state index contributed by atoms with van der Waals surface area (Å²) in [5.74, 6) is 1.59. The first-order chi connectivity index (χ1) is 9.33. The van der Waals surface area contributed by atoms with Crippen LogP contribution in [0.4, 0.5) is 0 Å². The lowest BCUT2D eigenvalue weighted by Crippen LogP contribution is -2.31. The van der Waals surface area contributed by atoms with Crippen LogP contribution >= 0.6 is 12.4 Å². The van der Waals surface area contributed by atoms with Crippen molar-refractivity contribution in [2.45, 2.75) is 31.8 Å². The minimum Gasteiger partial charge on any atom is -0.454 e. The van der Waals surface area contributed by atoms with Crippen molar-refractivity contribution in [2.24, 2.45) is 0 Å². The molecule has 2 N–H and O–H groups in total. The highest BCUT2D eigenvalue weighted by atomic mass is 35.5. The predicted octanol–water partition coefficient (Wildman–Crippen LogP) is 1.60. The highest BCUT2D eigenvalue weighted by Crippen LogP contribution is 2.35. The SMILES string of the molecule is Cl.O=C(CC1CCCN1)NCc1cccc2c1OCO2. The van der Waals surface area contributed by atoms with Crippen molar-refractivity contribution < 1.29 is 14.3 Å². The van der Waals surface area contributed by atoms with Crippen molar-refractivity contribution in [2.75, 3.05) is 13.3 Å². The Kier molecular flexibility index (Phi) is 5.09. The molecular formula is C14H19ClN2O3. The van der Waals surface area contributed by atoms with E-state index in [2.05, 4.69) is 10.6 Å². The first kappa shape index (κ1) is 14.9. The lowest BCUT2D eigenvalue weighted by atomic mass is 10.1. The number of hydrogen-bond acceptors (Lipinski definition) is 4. The molecule has 110 valence electrons. The first-order valence-corrected chi connectivity index (χ1v) is 6.70. The second-order valence-corrected chi connectivity index (χ2v) is 4.93. The number of rotatable bonds is 4. The van der Waals surface area contributed by atoms with Gasteiger partial charge in [-0.15, -0.1) is 12.4 Å². The van der Waals surface area contributed by atoms with Gasteiger partial charge in [0.2, 0.25) is 12.7 Å². The number of hydrogen-bond donors (Lipinski definition) is 2. The largest absolute Gasteiger partial charge is 0.454 e. The van der Waals surface area contributed by atoms with E-state index >= 15 is 0 Å². The summed E-state index contributed by atoms with van der Waals surface area (Å²) in [6.45, 7) is 1.76. The van der Waals surface area contributed by atoms with Crippen molar-refractivity contribution in [1.29, 1.82) is 0 Å². The molecule has 2 heterocycles. The van der Waals surface area contributed by atoms with Crippen LogP contribution in [0.1, 0.15) is 24.8 Å². The summed E-state index contributed by atoms with van der Waals surface area (Å²) in [4.78, 5) is 11.8. The monoisotopic (exact) mass is 298 g/mol. The molecule has 6 heteroatoms. The maximum atomic E-state index is 11.8. The van der Waals surface area contributed by atoms with Gasteiger partial charge in [-0.2, -0.15) is 0 Å². The van der Waals surface area contributed by atoms with E-state index in [9.17, 15) is 4.79 Å². The van der Waals surface area contributed by atoms with Gasteiger partial charge >= 0.3 is 0 Å². The third-order valence-electron chi connectivity index (χ3n) is 3.55. The smallest absolute Gasteiger partial charge is 0.231 e. The van der Waals surface area contributed by atoms with Crippen molar-refractivity contribution in [3.63, 3.8) is 0 Å². The van der Waals surface area contributed by atoms with Gasteiger partial charge in [0.05, 0.1) is 0 Å². The van der Waals surface area contributed by atoms with Crippen molar-refractivity contribution in [3.8, 4) is 11.5 Å². The normalized spacial score (nSPS) is 19.5. The number of ether oxygens (including phenoxy) is 2. The quantitative estimate of drug-likeness (QED) is 0.886. The summed E-state index contributed by atoms with van der Waals surface area (Å²) < 4.78 is 10.7. The van der Waals surface area contributed by atoms with E-state index in [0.717, 1.165) is 36.4 Å². The Hall–Kier alpha value is -1.46. The van der Waals surface area contributed by atoms with E-state index in [1.54, 1.807) is 0 Å². The van der Waals surface area contributed by atoms with Gasteiger partial charge in [0, 0.05) is 24.6 Å². The van der Waals surface area contributed by atoms with Gasteiger partial charge in [-0.05, 0) is 25.5 Å². The molecule has 1 saturated heterocycles. The molecule has 2 aliphatic rings. The molecule has 1 aromatic rings. The molecule has 1 fully saturated rings. The topological polar surface area (TPSA) is 59.6 Å². The highest BCUT2D eigenvalue weighted by Gasteiger charge is 2.19. The summed E-state index contributed by atoms with van der Waals surface area (Å²) in [5, 5.41) is 6.26. The maximum Gasteiger partial charge on any atom is 0.231 e. The van der Waals surface area contributed by atoms with E-state index < -0.39 is 0 Å². The predicted molar refractivity (Wildman–Crippen MR) is 77.3 cm³/mol. The molecule has 1 aromatic carbocycles. The summed E-state index contributed by atoms with van der Waals surface area (Å²) in [6.07, 6.45) is 2.80. The van der Waals surface area contributed by atoms with Crippen LogP contribution in [0.15, 0.2) is 18.2 Å². The van der Waals surface area contributed by atoms with Gasteiger partial charge in [0.1, 0.15) is 0 Å². The van der Waals surface area contributed by atoms with E-state index in [1.807, 2.05) is 18.2 Å². The van der Waals surface area contributed by atoms with Crippen molar-refractivity contribution in [1.82, 2.24) is 10.6 Å². The zero-order valence-corrected chi connectivity index (χ0v) is 12.0. The molecule has 5 nitrogen and oxygen atoms in total. The molecule has 3 rings (SSSR count). The number of fused-ring (bicyclic) bond motifs is 1. The highest BCUT2D eigenvalue weighted by molar-refractivity contribution is 5.85. The Balaban J connectivity index is 0.00000147. The van der Waals surface area contributed by atoms with Gasteiger partial charge < -0.3 is 20.1 Å². The lowest BCUT2D eigenvalue weighted by Gasteiger charge is -2.11. The fraction of sp³-hybridized carbons (Fsp3) is 0.500. The summed E-state index contributed by atoms with van der Waals surface area (Å²) in [7, 11) is 0. The number of halogens is 1. The molecule has 1 atom stereocenters. The third kappa shape index (κ3) is 3.35. The Morgan fingerprint density at radius 2 is 2.30 bits per heavy atom. The fourth-order valence-corrected chi connectivity index (χ4v) is 2.55. The molecule has 0 aromatic heterocycles. The first-order valence-electron chi connectivity index (χ1n) is 6.70. The van der Waals surface area contributed by atoms with Gasteiger partial charge in [0.25, 0.3) is 0 Å². The van der Waals surface area contributed by atoms with Gasteiger partial charge in [-0.3, -0.25) is 4.79 Å². The van der Waals surface area contributed by atoms with Crippen LogP contribution in [0.3, 0.4) is 0 Å². The maximum absolute atomic E-state index is 11.8. The minimum absolute atomic E-state index is 0. The zero-order chi connectivity index (χ0) is 13.1. The Morgan fingerprint density at radius 1 is 1.40 bits per heavy atom. The number of carbonyl (C=O) groups is 1. The van der Waals surface area contributed by atoms with E-state index in [1.165, 1.54) is 0 Å². The second-order valence-electron chi connectivity index (χ2n) is 4.93. The van der Waals surface area contributed by atoms with E-state index in [-0.39, 0.29) is 25.1 Å². The number of carbonyl (C=O) groups excluding carboxylic acids is 1. The molecule has 0 radical (unpaired) electrons. The Labute approximate surface area is 124 Å². The van der Waals surface area contributed by atoms with Crippen LogP contribution in [0.25, 0.3) is 0 Å². The van der Waals surface area contributed by atoms with Crippen LogP contribution < -0.4 is 20.1 Å². The van der Waals surface area contributed by atoms with Crippen molar-refractivity contribution >= 4 is 18.3 Å². The standard InChI is InChI=1S/C14H18N2O3.ClH/c17-13(7-11-4-2-6-15-11)16-8-10-3-1-5-12-14(10)19-9-18-12;/h1,3,5,11,15H,2,4,6-9H2,(H,16,17);1H. The number of nitrogens with one attached hydrogen (secondary N) is 2. The van der Waals surface area contributed by atoms with Crippen LogP contribution in [0, 0.1) is 0 Å². The van der Waals surface area contributed by atoms with E-state index in [0.29, 0.717) is 19.0 Å². The summed E-state index contributed by atoms with van der Waals surface area (Å²) >= 11 is 0. The van der Waals surface area contributed by atoms with Gasteiger partial charge in [0.15, 0.2) is 11.5 Å². The molecular weight excluding hydrogens is 280 g/mol. The van der Waals surface area contributed by atoms with Crippen LogP contribution in [-0.2, 0) is 11.3 Å². The van der Waals surface area contributed by atoms with Gasteiger partial charge in [-0.1, -0.05) is 12.1 Å². The van der Waals surface area contributed by atoms with E-state index in [4.69, 9.17) is 9.47 Å². The molecule has 1 unspecified atom stereocenters. The molecule has 0 aliphatic carbocycles. The number of para-hydroxylation sites is 1. The summed E-state index contributed by atoms with van der Waals surface area (Å²) in [5.41, 5.74) is 0.961. The van der Waals surface area contributed by atoms with Crippen LogP contribution in [0.2, 0.25) is 0 Å². The number of benzene rings is 1. The molecule has 0 bridgehead atoms. The molecule has 2 aliphatic heterocycles. The third-order valence-corrected chi connectivity index (χ3v) is 3.55. The van der Waals surface area contributed by atoms with Crippen molar-refractivity contribution in [3.05, 3.63) is 23.8 Å². The average molecular weight is 299 g/mol. The van der Waals surface area contributed by atoms with Crippen LogP contribution in [0.5, 0.6) is 11.5 Å². The zero-order valence-electron chi connectivity index (χ0n) is 11.2. The van der Waals surface area contributed by atoms with Gasteiger partial charge in [-0.25, -0.2) is 0 Å². The van der Waals surface area contributed by atoms with Crippen LogP contribution in [-0.4, -0.2) is 25.3 Å². The number of amides is 1. The lowest BCUT2D eigenvalue weighted by molar-refractivity contribution is -0.121. The fourth-order valence-electron chi connectivity index (χ4n) is 2.55. The Morgan fingerprint density at radius 3 is 3.10 bits per heavy atom. The summed E-state index contributed by atoms with van der Waals surface area (Å²) in [6, 6.07) is 6.06. The molecule has 0 spiro atoms. The molecule has 1 amide bonds. The second kappa shape index (κ2) is 6.81. The molecule has 0 saturated carbocycles. The molecule has 20 heavy (non-hydrogen) atoms. The minimum atomic E-state index is 0. The average Bonchev–Trinajstić information content (AvgIpc) is 3.06. The Bertz CT molecular complexity index is 475.